The van der Waals surface area contributed by atoms with Gasteiger partial charge in [-0.25, -0.2) is 4.98 Å². The van der Waals surface area contributed by atoms with Crippen LogP contribution < -0.4 is 5.32 Å². The summed E-state index contributed by atoms with van der Waals surface area (Å²) in [5.41, 5.74) is 4.34. The van der Waals surface area contributed by atoms with Gasteiger partial charge in [-0.15, -0.1) is 0 Å². The molecular weight excluding hydrogens is 353 g/mol. The van der Waals surface area contributed by atoms with Crippen LogP contribution in [0.1, 0.15) is 43.7 Å². The monoisotopic (exact) mass is 373 g/mol. The molecule has 25 heavy (non-hydrogen) atoms. The summed E-state index contributed by atoms with van der Waals surface area (Å²) in [6.07, 6.45) is 8.55. The molecule has 3 nitrogen and oxygen atoms in total. The van der Waals surface area contributed by atoms with Crippen molar-refractivity contribution in [3.8, 4) is 0 Å². The quantitative estimate of drug-likeness (QED) is 0.568. The average molecular weight is 374 g/mol. The third-order valence-corrected chi connectivity index (χ3v) is 5.63. The normalized spacial score (nSPS) is 15.6. The fourth-order valence-electron chi connectivity index (χ4n) is 3.65. The molecule has 0 spiro atoms. The van der Waals surface area contributed by atoms with Crippen molar-refractivity contribution in [1.29, 1.82) is 0 Å². The zero-order valence-electron chi connectivity index (χ0n) is 14.0. The van der Waals surface area contributed by atoms with Gasteiger partial charge in [0.05, 0.1) is 17.4 Å². The number of nitrogens with one attached hydrogen (secondary N) is 1. The third kappa shape index (κ3) is 3.63. The Balaban J connectivity index is 1.51. The van der Waals surface area contributed by atoms with E-state index in [0.29, 0.717) is 22.6 Å². The predicted molar refractivity (Wildman–Crippen MR) is 106 cm³/mol. The lowest BCUT2D eigenvalue weighted by Crippen LogP contribution is -2.11. The lowest BCUT2D eigenvalue weighted by atomic mass is 9.95. The molecule has 1 aliphatic carbocycles. The lowest BCUT2D eigenvalue weighted by Gasteiger charge is -2.23. The second-order valence-electron chi connectivity index (χ2n) is 6.74. The van der Waals surface area contributed by atoms with Crippen molar-refractivity contribution in [2.75, 3.05) is 5.32 Å². The van der Waals surface area contributed by atoms with Gasteiger partial charge in [-0.3, -0.25) is 0 Å². The van der Waals surface area contributed by atoms with Gasteiger partial charge in [-0.05, 0) is 48.7 Å². The molecule has 1 aromatic heterocycles. The number of aromatic nitrogens is 2. The smallest absolute Gasteiger partial charge is 0.0960 e. The topological polar surface area (TPSA) is 29.9 Å². The molecule has 5 heteroatoms. The Labute approximate surface area is 158 Å². The van der Waals surface area contributed by atoms with Crippen LogP contribution >= 0.6 is 23.2 Å². The molecule has 1 heterocycles. The molecular formula is C20H21Cl2N3. The van der Waals surface area contributed by atoms with Crippen molar-refractivity contribution in [3.05, 3.63) is 58.3 Å². The lowest BCUT2D eigenvalue weighted by molar-refractivity contribution is 0.359. The number of fused-ring (bicyclic) bond motifs is 1. The number of hydrogen-bond acceptors (Lipinski definition) is 2. The highest BCUT2D eigenvalue weighted by Gasteiger charge is 2.17. The molecule has 1 fully saturated rings. The summed E-state index contributed by atoms with van der Waals surface area (Å²) < 4.78 is 2.36. The Morgan fingerprint density at radius 2 is 1.88 bits per heavy atom. The van der Waals surface area contributed by atoms with Crippen LogP contribution in [-0.2, 0) is 6.54 Å². The Bertz CT molecular complexity index is 882. The fraction of sp³-hybridized carbons (Fsp3) is 0.350. The van der Waals surface area contributed by atoms with Crippen molar-refractivity contribution >= 4 is 39.9 Å². The summed E-state index contributed by atoms with van der Waals surface area (Å²) in [4.78, 5) is 4.62. The van der Waals surface area contributed by atoms with Crippen LogP contribution in [0.5, 0.6) is 0 Å². The van der Waals surface area contributed by atoms with E-state index in [1.165, 1.54) is 37.6 Å². The van der Waals surface area contributed by atoms with Crippen LogP contribution in [0, 0.1) is 0 Å². The summed E-state index contributed by atoms with van der Waals surface area (Å²) in [6.45, 7) is 0.658. The van der Waals surface area contributed by atoms with Crippen LogP contribution in [0.4, 0.5) is 5.69 Å². The van der Waals surface area contributed by atoms with Crippen molar-refractivity contribution in [3.63, 3.8) is 0 Å². The van der Waals surface area contributed by atoms with Crippen molar-refractivity contribution < 1.29 is 0 Å². The summed E-state index contributed by atoms with van der Waals surface area (Å²) in [5, 5.41) is 4.76. The van der Waals surface area contributed by atoms with Crippen LogP contribution in [0.2, 0.25) is 10.0 Å². The summed E-state index contributed by atoms with van der Waals surface area (Å²) in [6, 6.07) is 12.6. The van der Waals surface area contributed by atoms with Gasteiger partial charge in [0.25, 0.3) is 0 Å². The first kappa shape index (κ1) is 16.7. The first-order valence-electron chi connectivity index (χ1n) is 8.85. The minimum atomic E-state index is 0.602. The molecule has 1 saturated carbocycles. The second-order valence-corrected chi connectivity index (χ2v) is 7.58. The van der Waals surface area contributed by atoms with Gasteiger partial charge in [-0.1, -0.05) is 48.5 Å². The molecule has 1 N–H and O–H groups in total. The highest BCUT2D eigenvalue weighted by Crippen LogP contribution is 2.31. The molecule has 0 radical (unpaired) electrons. The number of hydrogen-bond donors (Lipinski definition) is 1. The van der Waals surface area contributed by atoms with Gasteiger partial charge in [0.2, 0.25) is 0 Å². The van der Waals surface area contributed by atoms with E-state index >= 15 is 0 Å². The Morgan fingerprint density at radius 1 is 1.04 bits per heavy atom. The van der Waals surface area contributed by atoms with E-state index in [4.69, 9.17) is 23.2 Å². The number of imidazole rings is 1. The van der Waals surface area contributed by atoms with Crippen LogP contribution in [0.25, 0.3) is 11.0 Å². The van der Waals surface area contributed by atoms with Crippen molar-refractivity contribution in [1.82, 2.24) is 9.55 Å². The van der Waals surface area contributed by atoms with E-state index in [2.05, 4.69) is 33.1 Å². The first-order chi connectivity index (χ1) is 12.2. The fourth-order valence-corrected chi connectivity index (χ4v) is 4.13. The molecule has 3 aromatic rings. The largest absolute Gasteiger partial charge is 0.381 e. The van der Waals surface area contributed by atoms with Gasteiger partial charge >= 0.3 is 0 Å². The second kappa shape index (κ2) is 7.27. The van der Waals surface area contributed by atoms with Gasteiger partial charge in [0.1, 0.15) is 0 Å². The number of rotatable bonds is 4. The van der Waals surface area contributed by atoms with E-state index in [-0.39, 0.29) is 0 Å². The minimum Gasteiger partial charge on any atom is -0.381 e. The van der Waals surface area contributed by atoms with E-state index in [9.17, 15) is 0 Å². The highest BCUT2D eigenvalue weighted by atomic mass is 35.5. The summed E-state index contributed by atoms with van der Waals surface area (Å²) in [7, 11) is 0. The molecule has 0 amide bonds. The van der Waals surface area contributed by atoms with E-state index in [1.807, 2.05) is 18.5 Å². The maximum absolute atomic E-state index is 6.24. The van der Waals surface area contributed by atoms with Gasteiger partial charge < -0.3 is 9.88 Å². The summed E-state index contributed by atoms with van der Waals surface area (Å²) in [5.74, 6) is 0. The minimum absolute atomic E-state index is 0.602. The molecule has 1 aliphatic rings. The molecule has 4 rings (SSSR count). The molecule has 0 saturated heterocycles. The van der Waals surface area contributed by atoms with E-state index in [1.54, 1.807) is 6.07 Å². The molecule has 2 aromatic carbocycles. The zero-order chi connectivity index (χ0) is 17.2. The molecule has 0 bridgehead atoms. The maximum Gasteiger partial charge on any atom is 0.0960 e. The van der Waals surface area contributed by atoms with Crippen LogP contribution in [0.15, 0.2) is 42.7 Å². The number of benzene rings is 2. The Hall–Kier alpha value is -1.71. The third-order valence-electron chi connectivity index (χ3n) is 5.04. The summed E-state index contributed by atoms with van der Waals surface area (Å²) >= 11 is 12.2. The van der Waals surface area contributed by atoms with Crippen molar-refractivity contribution in [2.24, 2.45) is 0 Å². The Kier molecular flexibility index (Phi) is 4.87. The zero-order valence-corrected chi connectivity index (χ0v) is 15.5. The molecule has 0 unspecified atom stereocenters. The molecule has 0 aliphatic heterocycles. The van der Waals surface area contributed by atoms with Crippen molar-refractivity contribution in [2.45, 2.75) is 44.7 Å². The molecule has 130 valence electrons. The average Bonchev–Trinajstić information content (AvgIpc) is 3.05. The van der Waals surface area contributed by atoms with Crippen LogP contribution in [-0.4, -0.2) is 9.55 Å². The van der Waals surface area contributed by atoms with Crippen LogP contribution in [0.3, 0.4) is 0 Å². The van der Waals surface area contributed by atoms with Gasteiger partial charge in [0.15, 0.2) is 0 Å². The van der Waals surface area contributed by atoms with Gasteiger partial charge in [0, 0.05) is 28.3 Å². The maximum atomic E-state index is 6.24. The number of nitrogens with zero attached hydrogens (tertiary/aromatic N) is 2. The van der Waals surface area contributed by atoms with Gasteiger partial charge in [-0.2, -0.15) is 0 Å². The molecule has 0 atom stereocenters. The van der Waals surface area contributed by atoms with E-state index in [0.717, 1.165) is 16.8 Å². The SMILES string of the molecule is Clc1ccc(CNc2ccc3c(c2)ncn3C2CCCCC2)c(Cl)c1. The standard InChI is InChI=1S/C20H21Cl2N3/c21-15-7-6-14(18(22)10-15)12-23-16-8-9-20-19(11-16)24-13-25(20)17-4-2-1-3-5-17/h6-11,13,17,23H,1-5,12H2. The van der Waals surface area contributed by atoms with E-state index < -0.39 is 0 Å². The Morgan fingerprint density at radius 3 is 2.68 bits per heavy atom. The predicted octanol–water partition coefficient (Wildman–Crippen LogP) is 6.46. The number of anilines is 1. The first-order valence-corrected chi connectivity index (χ1v) is 9.61. The highest BCUT2D eigenvalue weighted by molar-refractivity contribution is 6.35. The number of halogens is 2.